The molecular formula is C31H32N2O4S. The van der Waals surface area contributed by atoms with Crippen LogP contribution >= 0.6 is 11.3 Å². The van der Waals surface area contributed by atoms with Crippen LogP contribution in [0.4, 0.5) is 0 Å². The Morgan fingerprint density at radius 1 is 1.16 bits per heavy atom. The first-order valence-electron chi connectivity index (χ1n) is 13.1. The Balaban J connectivity index is 1.15. The van der Waals surface area contributed by atoms with E-state index in [-0.39, 0.29) is 18.2 Å². The summed E-state index contributed by atoms with van der Waals surface area (Å²) in [6.07, 6.45) is 3.16. The fourth-order valence-corrected chi connectivity index (χ4v) is 5.83. The zero-order chi connectivity index (χ0) is 26.5. The van der Waals surface area contributed by atoms with Crippen molar-refractivity contribution in [1.29, 1.82) is 0 Å². The lowest BCUT2D eigenvalue weighted by Gasteiger charge is -2.26. The maximum atomic E-state index is 12.4. The highest BCUT2D eigenvalue weighted by molar-refractivity contribution is 7.14. The van der Waals surface area contributed by atoms with E-state index in [1.165, 1.54) is 16.0 Å². The van der Waals surface area contributed by atoms with Gasteiger partial charge < -0.3 is 15.2 Å². The van der Waals surface area contributed by atoms with Gasteiger partial charge in [-0.15, -0.1) is 17.3 Å². The lowest BCUT2D eigenvalue weighted by molar-refractivity contribution is -0.137. The van der Waals surface area contributed by atoms with Gasteiger partial charge in [0.15, 0.2) is 0 Å². The number of benzene rings is 2. The second-order valence-electron chi connectivity index (χ2n) is 9.99. The van der Waals surface area contributed by atoms with Crippen LogP contribution in [0.3, 0.4) is 0 Å². The first kappa shape index (κ1) is 26.0. The molecule has 2 aromatic carbocycles. The number of thiophene rings is 1. The summed E-state index contributed by atoms with van der Waals surface area (Å²) in [6.45, 7) is 4.87. The molecule has 2 aliphatic rings. The zero-order valence-corrected chi connectivity index (χ0v) is 22.4. The molecule has 1 unspecified atom stereocenters. The molecule has 5 rings (SSSR count). The van der Waals surface area contributed by atoms with Crippen LogP contribution in [0.1, 0.15) is 68.9 Å². The fourth-order valence-electron chi connectivity index (χ4n) is 4.76. The number of fused-ring (bicyclic) bond motifs is 1. The van der Waals surface area contributed by atoms with Crippen LogP contribution in [0.2, 0.25) is 0 Å². The number of nitrogens with one attached hydrogen (secondary N) is 1. The third-order valence-electron chi connectivity index (χ3n) is 6.86. The summed E-state index contributed by atoms with van der Waals surface area (Å²) in [5, 5.41) is 12.2. The van der Waals surface area contributed by atoms with Crippen molar-refractivity contribution in [1.82, 2.24) is 10.2 Å². The van der Waals surface area contributed by atoms with Crippen LogP contribution in [0.5, 0.6) is 5.75 Å². The van der Waals surface area contributed by atoms with E-state index < -0.39 is 5.97 Å². The molecule has 1 amide bonds. The van der Waals surface area contributed by atoms with Crippen LogP contribution < -0.4 is 10.1 Å². The minimum atomic E-state index is -0.862. The zero-order valence-electron chi connectivity index (χ0n) is 21.5. The Hall–Kier alpha value is -3.60. The van der Waals surface area contributed by atoms with E-state index in [9.17, 15) is 9.59 Å². The van der Waals surface area contributed by atoms with Crippen molar-refractivity contribution < 1.29 is 19.4 Å². The van der Waals surface area contributed by atoms with Crippen molar-refractivity contribution >= 4 is 23.2 Å². The number of carbonyl (C=O) groups is 2. The highest BCUT2D eigenvalue weighted by Crippen LogP contribution is 2.30. The fraction of sp³-hybridized carbons (Fsp3) is 0.355. The van der Waals surface area contributed by atoms with Gasteiger partial charge in [0, 0.05) is 30.6 Å². The third kappa shape index (κ3) is 6.83. The predicted octanol–water partition coefficient (Wildman–Crippen LogP) is 5.36. The molecule has 1 aliphatic carbocycles. The topological polar surface area (TPSA) is 78.9 Å². The van der Waals surface area contributed by atoms with Gasteiger partial charge in [-0.25, -0.2) is 0 Å². The van der Waals surface area contributed by atoms with Crippen LogP contribution in [0, 0.1) is 11.8 Å². The van der Waals surface area contributed by atoms with Gasteiger partial charge in [-0.05, 0) is 66.6 Å². The Morgan fingerprint density at radius 3 is 2.68 bits per heavy atom. The van der Waals surface area contributed by atoms with Gasteiger partial charge in [-0.2, -0.15) is 0 Å². The van der Waals surface area contributed by atoms with Crippen molar-refractivity contribution in [3.05, 3.63) is 86.6 Å². The van der Waals surface area contributed by atoms with Crippen molar-refractivity contribution in [3.63, 3.8) is 0 Å². The second kappa shape index (κ2) is 11.8. The molecule has 1 atom stereocenters. The highest BCUT2D eigenvalue weighted by Gasteiger charge is 2.26. The van der Waals surface area contributed by atoms with E-state index >= 15 is 0 Å². The number of carboxylic acids is 1. The Morgan fingerprint density at radius 2 is 1.95 bits per heavy atom. The molecule has 0 bridgehead atoms. The Kier molecular flexibility index (Phi) is 8.11. The van der Waals surface area contributed by atoms with Crippen molar-refractivity contribution in [2.24, 2.45) is 0 Å². The number of carboxylic acid groups (broad SMARTS) is 1. The quantitative estimate of drug-likeness (QED) is 0.347. The molecule has 1 saturated carbocycles. The Labute approximate surface area is 227 Å². The summed E-state index contributed by atoms with van der Waals surface area (Å²) in [5.41, 5.74) is 4.49. The van der Waals surface area contributed by atoms with Gasteiger partial charge in [0.25, 0.3) is 5.91 Å². The van der Waals surface area contributed by atoms with Gasteiger partial charge in [0.05, 0.1) is 17.2 Å². The molecule has 0 radical (unpaired) electrons. The number of hydrogen-bond acceptors (Lipinski definition) is 5. The largest absolute Gasteiger partial charge is 0.489 e. The highest BCUT2D eigenvalue weighted by atomic mass is 32.1. The second-order valence-corrected chi connectivity index (χ2v) is 11.1. The molecule has 2 heterocycles. The standard InChI is InChI=1S/C31H32N2O4S/c1-2-4-24(17-30(34)35)23-7-11-27(12-8-23)37-20-22-6-3-5-21(15-22)18-33-14-13-28-25(19-33)16-29(38-28)31(36)32-26-9-10-26/h3,5-8,11-12,15-16,24,26H,9-10,13-14,17-20H2,1H3,(H,32,36)(H,34,35). The van der Waals surface area contributed by atoms with Crippen LogP contribution in [-0.2, 0) is 30.9 Å². The molecule has 1 fully saturated rings. The molecule has 38 heavy (non-hydrogen) atoms. The molecular weight excluding hydrogens is 496 g/mol. The monoisotopic (exact) mass is 528 g/mol. The summed E-state index contributed by atoms with van der Waals surface area (Å²) in [7, 11) is 0. The van der Waals surface area contributed by atoms with Gasteiger partial charge in [-0.1, -0.05) is 42.3 Å². The van der Waals surface area contributed by atoms with E-state index in [1.54, 1.807) is 18.3 Å². The number of amides is 1. The first-order chi connectivity index (χ1) is 18.5. The molecule has 3 aromatic rings. The van der Waals surface area contributed by atoms with E-state index in [4.69, 9.17) is 9.84 Å². The minimum Gasteiger partial charge on any atom is -0.489 e. The third-order valence-corrected chi connectivity index (χ3v) is 8.10. The maximum absolute atomic E-state index is 12.4. The first-order valence-corrected chi connectivity index (χ1v) is 13.9. The number of rotatable bonds is 10. The molecule has 1 aliphatic heterocycles. The molecule has 7 heteroatoms. The van der Waals surface area contributed by atoms with Gasteiger partial charge >= 0.3 is 5.97 Å². The van der Waals surface area contributed by atoms with Crippen molar-refractivity contribution in [2.45, 2.75) is 64.3 Å². The SMILES string of the molecule is CC#CC(CC(=O)O)c1ccc(OCc2cccc(CN3CCc4sc(C(=O)NC5CC5)cc4C3)c2)cc1. The average molecular weight is 529 g/mol. The number of hydrogen-bond donors (Lipinski definition) is 2. The van der Waals surface area contributed by atoms with Gasteiger partial charge in [-0.3, -0.25) is 14.5 Å². The number of ether oxygens (including phenoxy) is 1. The number of nitrogens with zero attached hydrogens (tertiary/aromatic N) is 1. The van der Waals surface area contributed by atoms with Gasteiger partial charge in [0.2, 0.25) is 0 Å². The average Bonchev–Trinajstić information content (AvgIpc) is 3.62. The summed E-state index contributed by atoms with van der Waals surface area (Å²) < 4.78 is 6.01. The smallest absolute Gasteiger partial charge is 0.304 e. The molecule has 1 aromatic heterocycles. The van der Waals surface area contributed by atoms with Gasteiger partial charge in [0.1, 0.15) is 12.4 Å². The summed E-state index contributed by atoms with van der Waals surface area (Å²) in [6, 6.07) is 18.4. The lowest BCUT2D eigenvalue weighted by atomic mass is 9.96. The molecule has 0 saturated heterocycles. The van der Waals surface area contributed by atoms with Crippen molar-refractivity contribution in [3.8, 4) is 17.6 Å². The van der Waals surface area contributed by atoms with Crippen LogP contribution in [0.15, 0.2) is 54.6 Å². The lowest BCUT2D eigenvalue weighted by Crippen LogP contribution is -2.29. The Bertz CT molecular complexity index is 1360. The molecule has 0 spiro atoms. The summed E-state index contributed by atoms with van der Waals surface area (Å²) in [4.78, 5) is 28.2. The summed E-state index contributed by atoms with van der Waals surface area (Å²) in [5.74, 6) is 5.43. The molecule has 196 valence electrons. The normalized spacial score (nSPS) is 15.6. The van der Waals surface area contributed by atoms with E-state index in [0.717, 1.165) is 60.7 Å². The minimum absolute atomic E-state index is 0.0184. The number of aliphatic carboxylic acids is 1. The summed E-state index contributed by atoms with van der Waals surface area (Å²) >= 11 is 1.65. The van der Waals surface area contributed by atoms with Crippen LogP contribution in [-0.4, -0.2) is 34.5 Å². The predicted molar refractivity (Wildman–Crippen MR) is 148 cm³/mol. The number of carbonyl (C=O) groups excluding carboxylic acids is 1. The van der Waals surface area contributed by atoms with E-state index in [1.807, 2.05) is 24.3 Å². The van der Waals surface area contributed by atoms with Crippen molar-refractivity contribution in [2.75, 3.05) is 6.54 Å². The molecule has 6 nitrogen and oxygen atoms in total. The molecule has 2 N–H and O–H groups in total. The van der Waals surface area contributed by atoms with E-state index in [0.29, 0.717) is 12.6 Å². The van der Waals surface area contributed by atoms with E-state index in [2.05, 4.69) is 52.4 Å². The maximum Gasteiger partial charge on any atom is 0.304 e. The van der Waals surface area contributed by atoms with Crippen LogP contribution in [0.25, 0.3) is 0 Å².